The fraction of sp³-hybridized carbons (Fsp3) is 0.286. The van der Waals surface area contributed by atoms with E-state index in [1.807, 2.05) is 31.2 Å². The Balaban J connectivity index is 2.89. The highest BCUT2D eigenvalue weighted by Crippen LogP contribution is 2.40. The highest BCUT2D eigenvalue weighted by Gasteiger charge is 2.13. The molecular weight excluding hydrogens is 216 g/mol. The molecule has 0 aliphatic rings. The molecule has 0 bridgehead atoms. The van der Waals surface area contributed by atoms with E-state index in [0.29, 0.717) is 0 Å². The first-order chi connectivity index (χ1) is 8.22. The highest BCUT2D eigenvalue weighted by atomic mass is 16.5. The molecule has 0 saturated carbocycles. The van der Waals surface area contributed by atoms with Crippen LogP contribution in [0.5, 0.6) is 17.2 Å². The van der Waals surface area contributed by atoms with Crippen LogP contribution < -0.4 is 14.2 Å². The second-order valence-electron chi connectivity index (χ2n) is 3.79. The monoisotopic (exact) mass is 232 g/mol. The summed E-state index contributed by atoms with van der Waals surface area (Å²) in [6.07, 6.45) is 0. The minimum atomic E-state index is 0.764. The van der Waals surface area contributed by atoms with Crippen LogP contribution >= 0.6 is 0 Å². The molecule has 0 unspecified atom stereocenters. The topological polar surface area (TPSA) is 27.7 Å². The Morgan fingerprint density at radius 1 is 0.824 bits per heavy atom. The molecule has 2 aromatic carbocycles. The van der Waals surface area contributed by atoms with E-state index < -0.39 is 0 Å². The van der Waals surface area contributed by atoms with Gasteiger partial charge in [0.05, 0.1) is 26.7 Å². The molecule has 0 saturated heterocycles. The van der Waals surface area contributed by atoms with E-state index in [0.717, 1.165) is 33.6 Å². The minimum Gasteiger partial charge on any atom is -0.496 e. The fourth-order valence-corrected chi connectivity index (χ4v) is 2.07. The maximum atomic E-state index is 5.41. The molecule has 0 spiro atoms. The van der Waals surface area contributed by atoms with E-state index in [1.54, 1.807) is 21.3 Å². The summed E-state index contributed by atoms with van der Waals surface area (Å²) in [5, 5.41) is 2.07. The molecule has 0 amide bonds. The third-order valence-electron chi connectivity index (χ3n) is 2.97. The average molecular weight is 232 g/mol. The summed E-state index contributed by atoms with van der Waals surface area (Å²) in [5.74, 6) is 2.40. The van der Waals surface area contributed by atoms with Gasteiger partial charge in [0.1, 0.15) is 17.2 Å². The lowest BCUT2D eigenvalue weighted by atomic mass is 10.0. The predicted molar refractivity (Wildman–Crippen MR) is 68.3 cm³/mol. The molecule has 0 atom stereocenters. The van der Waals surface area contributed by atoms with Gasteiger partial charge >= 0.3 is 0 Å². The molecule has 90 valence electrons. The van der Waals surface area contributed by atoms with Crippen molar-refractivity contribution in [2.75, 3.05) is 21.3 Å². The fourth-order valence-electron chi connectivity index (χ4n) is 2.07. The number of methoxy groups -OCH3 is 3. The molecular formula is C14H16O3. The molecule has 3 heteroatoms. The van der Waals surface area contributed by atoms with E-state index in [4.69, 9.17) is 14.2 Å². The molecule has 0 radical (unpaired) electrons. The maximum Gasteiger partial charge on any atom is 0.134 e. The third kappa shape index (κ3) is 1.78. The van der Waals surface area contributed by atoms with Gasteiger partial charge in [-0.1, -0.05) is 12.1 Å². The first-order valence-electron chi connectivity index (χ1n) is 5.41. The number of rotatable bonds is 3. The van der Waals surface area contributed by atoms with Crippen molar-refractivity contribution in [3.8, 4) is 17.2 Å². The van der Waals surface area contributed by atoms with Crippen molar-refractivity contribution >= 4 is 10.8 Å². The lowest BCUT2D eigenvalue weighted by Gasteiger charge is -2.14. The van der Waals surface area contributed by atoms with Gasteiger partial charge in [-0.05, 0) is 23.9 Å². The van der Waals surface area contributed by atoms with E-state index in [9.17, 15) is 0 Å². The summed E-state index contributed by atoms with van der Waals surface area (Å²) in [4.78, 5) is 0. The molecule has 0 aromatic heterocycles. The van der Waals surface area contributed by atoms with Crippen molar-refractivity contribution in [3.05, 3.63) is 29.8 Å². The van der Waals surface area contributed by atoms with Crippen molar-refractivity contribution in [1.29, 1.82) is 0 Å². The third-order valence-corrected chi connectivity index (χ3v) is 2.97. The Morgan fingerprint density at radius 2 is 1.47 bits per heavy atom. The van der Waals surface area contributed by atoms with Gasteiger partial charge in [-0.2, -0.15) is 0 Å². The number of fused-ring (bicyclic) bond motifs is 1. The van der Waals surface area contributed by atoms with Crippen molar-refractivity contribution in [3.63, 3.8) is 0 Å². The van der Waals surface area contributed by atoms with E-state index >= 15 is 0 Å². The van der Waals surface area contributed by atoms with E-state index in [-0.39, 0.29) is 0 Å². The zero-order valence-corrected chi connectivity index (χ0v) is 10.5. The minimum absolute atomic E-state index is 0.764. The van der Waals surface area contributed by atoms with Gasteiger partial charge in [-0.15, -0.1) is 0 Å². The summed E-state index contributed by atoms with van der Waals surface area (Å²) in [6, 6.07) is 7.82. The Morgan fingerprint density at radius 3 is 2.06 bits per heavy atom. The second-order valence-corrected chi connectivity index (χ2v) is 3.79. The smallest absolute Gasteiger partial charge is 0.134 e. The number of benzene rings is 2. The van der Waals surface area contributed by atoms with Gasteiger partial charge in [-0.25, -0.2) is 0 Å². The largest absolute Gasteiger partial charge is 0.496 e. The molecule has 3 nitrogen and oxygen atoms in total. The summed E-state index contributed by atoms with van der Waals surface area (Å²) < 4.78 is 16.1. The Kier molecular flexibility index (Phi) is 3.09. The highest BCUT2D eigenvalue weighted by molar-refractivity contribution is 5.97. The molecule has 0 N–H and O–H groups in total. The standard InChI is InChI=1S/C14H16O3/c1-9-10-6-5-7-11(15-2)14(10)13(17-4)8-12(9)16-3/h5-8H,1-4H3. The van der Waals surface area contributed by atoms with Gasteiger partial charge < -0.3 is 14.2 Å². The lowest BCUT2D eigenvalue weighted by Crippen LogP contribution is -1.94. The van der Waals surface area contributed by atoms with Crippen LogP contribution in [-0.4, -0.2) is 21.3 Å². The Hall–Kier alpha value is -1.90. The average Bonchev–Trinajstić information content (AvgIpc) is 2.39. The van der Waals surface area contributed by atoms with Crippen LogP contribution in [0.25, 0.3) is 10.8 Å². The number of hydrogen-bond acceptors (Lipinski definition) is 3. The van der Waals surface area contributed by atoms with Crippen LogP contribution in [-0.2, 0) is 0 Å². The zero-order chi connectivity index (χ0) is 12.4. The van der Waals surface area contributed by atoms with Crippen molar-refractivity contribution < 1.29 is 14.2 Å². The first kappa shape index (κ1) is 11.6. The quantitative estimate of drug-likeness (QED) is 0.813. The van der Waals surface area contributed by atoms with Gasteiger partial charge in [0, 0.05) is 6.07 Å². The molecule has 17 heavy (non-hydrogen) atoms. The van der Waals surface area contributed by atoms with Gasteiger partial charge in [-0.3, -0.25) is 0 Å². The second kappa shape index (κ2) is 4.53. The zero-order valence-electron chi connectivity index (χ0n) is 10.5. The summed E-state index contributed by atoms with van der Waals surface area (Å²) in [5.41, 5.74) is 1.09. The van der Waals surface area contributed by atoms with Crippen LogP contribution in [0.3, 0.4) is 0 Å². The van der Waals surface area contributed by atoms with Crippen molar-refractivity contribution in [2.45, 2.75) is 6.92 Å². The van der Waals surface area contributed by atoms with E-state index in [2.05, 4.69) is 0 Å². The molecule has 0 aliphatic carbocycles. The van der Waals surface area contributed by atoms with Crippen molar-refractivity contribution in [1.82, 2.24) is 0 Å². The lowest BCUT2D eigenvalue weighted by molar-refractivity contribution is 0.391. The van der Waals surface area contributed by atoms with Gasteiger partial charge in [0.25, 0.3) is 0 Å². The first-order valence-corrected chi connectivity index (χ1v) is 5.41. The predicted octanol–water partition coefficient (Wildman–Crippen LogP) is 3.17. The maximum absolute atomic E-state index is 5.41. The molecule has 2 rings (SSSR count). The molecule has 0 fully saturated rings. The van der Waals surface area contributed by atoms with Crippen LogP contribution in [0.4, 0.5) is 0 Å². The summed E-state index contributed by atoms with van der Waals surface area (Å²) in [6.45, 7) is 2.03. The van der Waals surface area contributed by atoms with Gasteiger partial charge in [0.15, 0.2) is 0 Å². The van der Waals surface area contributed by atoms with Crippen LogP contribution in [0, 0.1) is 6.92 Å². The molecule has 2 aromatic rings. The SMILES string of the molecule is COc1cc(OC)c2c(OC)cccc2c1C. The number of aryl methyl sites for hydroxylation is 1. The van der Waals surface area contributed by atoms with Crippen molar-refractivity contribution in [2.24, 2.45) is 0 Å². The van der Waals surface area contributed by atoms with Crippen LogP contribution in [0.15, 0.2) is 24.3 Å². The Bertz CT molecular complexity index is 547. The number of hydrogen-bond donors (Lipinski definition) is 0. The van der Waals surface area contributed by atoms with E-state index in [1.165, 1.54) is 0 Å². The van der Waals surface area contributed by atoms with Crippen LogP contribution in [0.2, 0.25) is 0 Å². The normalized spacial score (nSPS) is 10.4. The summed E-state index contributed by atoms with van der Waals surface area (Å²) in [7, 11) is 4.97. The van der Waals surface area contributed by atoms with Crippen LogP contribution in [0.1, 0.15) is 5.56 Å². The molecule has 0 heterocycles. The number of ether oxygens (including phenoxy) is 3. The van der Waals surface area contributed by atoms with Gasteiger partial charge in [0.2, 0.25) is 0 Å². The molecule has 0 aliphatic heterocycles. The summed E-state index contributed by atoms with van der Waals surface area (Å²) >= 11 is 0. The Labute approximate surface area is 101 Å².